The van der Waals surface area contributed by atoms with Gasteiger partial charge in [-0.25, -0.2) is 4.79 Å². The summed E-state index contributed by atoms with van der Waals surface area (Å²) in [5.74, 6) is 1.55. The fraction of sp³-hybridized carbons (Fsp3) is 0.278. The van der Waals surface area contributed by atoms with Crippen LogP contribution in [0.2, 0.25) is 0 Å². The molecule has 0 saturated heterocycles. The lowest BCUT2D eigenvalue weighted by atomic mass is 10.0. The molecule has 2 amide bonds. The largest absolute Gasteiger partial charge is 0.486 e. The number of fused-ring (bicyclic) bond motifs is 1. The summed E-state index contributed by atoms with van der Waals surface area (Å²) in [6.45, 7) is 3.67. The number of nitrogens with one attached hydrogen (secondary N) is 2. The van der Waals surface area contributed by atoms with Gasteiger partial charge in [0, 0.05) is 23.2 Å². The number of urea groups is 1. The van der Waals surface area contributed by atoms with Crippen LogP contribution in [-0.4, -0.2) is 25.8 Å². The average Bonchev–Trinajstić information content (AvgIpc) is 2.61. The van der Waals surface area contributed by atoms with E-state index in [1.807, 2.05) is 18.2 Å². The van der Waals surface area contributed by atoms with Gasteiger partial charge in [0.25, 0.3) is 0 Å². The summed E-state index contributed by atoms with van der Waals surface area (Å²) < 4.78 is 11.8. The van der Waals surface area contributed by atoms with Crippen molar-refractivity contribution in [2.24, 2.45) is 0 Å². The molecule has 126 valence electrons. The lowest BCUT2D eigenvalue weighted by Crippen LogP contribution is -2.32. The molecule has 3 rings (SSSR count). The van der Waals surface area contributed by atoms with Crippen molar-refractivity contribution in [3.8, 4) is 11.5 Å². The van der Waals surface area contributed by atoms with Gasteiger partial charge in [0.15, 0.2) is 11.5 Å². The van der Waals surface area contributed by atoms with E-state index in [-0.39, 0.29) is 11.9 Å². The molecule has 24 heavy (non-hydrogen) atoms. The molecule has 1 atom stereocenters. The Morgan fingerprint density at radius 1 is 1.17 bits per heavy atom. The first-order valence-electron chi connectivity index (χ1n) is 7.82. The van der Waals surface area contributed by atoms with Gasteiger partial charge >= 0.3 is 6.03 Å². The topological polar surface area (TPSA) is 59.6 Å². The molecule has 5 nitrogen and oxygen atoms in total. The number of amides is 2. The molecule has 1 aliphatic heterocycles. The number of anilines is 1. The van der Waals surface area contributed by atoms with Crippen LogP contribution in [0.15, 0.2) is 46.9 Å². The SMILES string of the molecule is CC(CNC(=O)Nc1cc2c(cc1Br)OCCO2)c1ccccc1. The fourth-order valence-electron chi connectivity index (χ4n) is 2.47. The van der Waals surface area contributed by atoms with Crippen molar-refractivity contribution in [2.75, 3.05) is 25.1 Å². The van der Waals surface area contributed by atoms with Crippen LogP contribution in [0, 0.1) is 0 Å². The van der Waals surface area contributed by atoms with Crippen LogP contribution < -0.4 is 20.1 Å². The summed E-state index contributed by atoms with van der Waals surface area (Å²) >= 11 is 3.44. The number of ether oxygens (including phenoxy) is 2. The van der Waals surface area contributed by atoms with E-state index in [4.69, 9.17) is 9.47 Å². The number of hydrogen-bond acceptors (Lipinski definition) is 3. The standard InChI is InChI=1S/C18H19BrN2O3/c1-12(13-5-3-2-4-6-13)11-20-18(22)21-15-10-17-16(9-14(15)19)23-7-8-24-17/h2-6,9-10,12H,7-8,11H2,1H3,(H2,20,21,22). The number of halogens is 1. The molecular formula is C18H19BrN2O3. The van der Waals surface area contributed by atoms with Crippen LogP contribution in [0.4, 0.5) is 10.5 Å². The smallest absolute Gasteiger partial charge is 0.319 e. The number of carbonyl (C=O) groups excluding carboxylic acids is 1. The zero-order valence-corrected chi connectivity index (χ0v) is 14.9. The highest BCUT2D eigenvalue weighted by atomic mass is 79.9. The predicted molar refractivity (Wildman–Crippen MR) is 97.0 cm³/mol. The molecular weight excluding hydrogens is 372 g/mol. The second kappa shape index (κ2) is 7.57. The third kappa shape index (κ3) is 4.00. The maximum atomic E-state index is 12.2. The van der Waals surface area contributed by atoms with Gasteiger partial charge in [0.2, 0.25) is 0 Å². The van der Waals surface area contributed by atoms with E-state index >= 15 is 0 Å². The minimum atomic E-state index is -0.254. The van der Waals surface area contributed by atoms with Gasteiger partial charge in [-0.2, -0.15) is 0 Å². The van der Waals surface area contributed by atoms with Crippen molar-refractivity contribution in [3.05, 3.63) is 52.5 Å². The number of rotatable bonds is 4. The minimum absolute atomic E-state index is 0.237. The Hall–Kier alpha value is -2.21. The molecule has 0 fully saturated rings. The molecule has 1 aliphatic rings. The summed E-state index contributed by atoms with van der Waals surface area (Å²) in [5.41, 5.74) is 1.84. The first-order chi connectivity index (χ1) is 11.6. The van der Waals surface area contributed by atoms with Crippen molar-refractivity contribution < 1.29 is 14.3 Å². The Morgan fingerprint density at radius 2 is 1.83 bits per heavy atom. The lowest BCUT2D eigenvalue weighted by Gasteiger charge is -2.20. The van der Waals surface area contributed by atoms with Gasteiger partial charge in [0.05, 0.1) is 5.69 Å². The summed E-state index contributed by atoms with van der Waals surface area (Å²) in [6, 6.07) is 13.4. The first-order valence-corrected chi connectivity index (χ1v) is 8.61. The molecule has 0 saturated carbocycles. The van der Waals surface area contributed by atoms with E-state index in [0.29, 0.717) is 36.9 Å². The van der Waals surface area contributed by atoms with Crippen LogP contribution in [0.1, 0.15) is 18.4 Å². The molecule has 1 heterocycles. The Labute approximate surface area is 149 Å². The second-order valence-corrected chi connectivity index (χ2v) is 6.48. The Morgan fingerprint density at radius 3 is 2.54 bits per heavy atom. The summed E-state index contributed by atoms with van der Waals surface area (Å²) in [4.78, 5) is 12.2. The summed E-state index contributed by atoms with van der Waals surface area (Å²) in [7, 11) is 0. The maximum absolute atomic E-state index is 12.2. The van der Waals surface area contributed by atoms with E-state index in [1.54, 1.807) is 12.1 Å². The van der Waals surface area contributed by atoms with Gasteiger partial charge < -0.3 is 20.1 Å². The van der Waals surface area contributed by atoms with E-state index in [9.17, 15) is 4.79 Å². The van der Waals surface area contributed by atoms with Crippen molar-refractivity contribution in [1.29, 1.82) is 0 Å². The van der Waals surface area contributed by atoms with E-state index in [2.05, 4.69) is 45.6 Å². The van der Waals surface area contributed by atoms with Crippen molar-refractivity contribution in [2.45, 2.75) is 12.8 Å². The molecule has 0 aromatic heterocycles. The number of hydrogen-bond donors (Lipinski definition) is 2. The molecule has 2 aromatic rings. The third-order valence-corrected chi connectivity index (χ3v) is 4.47. The maximum Gasteiger partial charge on any atom is 0.319 e. The Balaban J connectivity index is 1.59. The quantitative estimate of drug-likeness (QED) is 0.824. The molecule has 0 radical (unpaired) electrons. The molecule has 1 unspecified atom stereocenters. The number of carbonyl (C=O) groups is 1. The van der Waals surface area contributed by atoms with Crippen molar-refractivity contribution in [3.63, 3.8) is 0 Å². The first kappa shape index (κ1) is 16.6. The van der Waals surface area contributed by atoms with E-state index in [0.717, 1.165) is 4.47 Å². The lowest BCUT2D eigenvalue weighted by molar-refractivity contribution is 0.171. The number of benzene rings is 2. The molecule has 2 aromatic carbocycles. The van der Waals surface area contributed by atoms with Crippen LogP contribution in [-0.2, 0) is 0 Å². The zero-order chi connectivity index (χ0) is 16.9. The zero-order valence-electron chi connectivity index (χ0n) is 13.3. The van der Waals surface area contributed by atoms with E-state index in [1.165, 1.54) is 5.56 Å². The third-order valence-electron chi connectivity index (χ3n) is 3.82. The van der Waals surface area contributed by atoms with Gasteiger partial charge in [-0.05, 0) is 27.4 Å². The van der Waals surface area contributed by atoms with Crippen LogP contribution >= 0.6 is 15.9 Å². The molecule has 0 aliphatic carbocycles. The highest BCUT2D eigenvalue weighted by Gasteiger charge is 2.16. The molecule has 2 N–H and O–H groups in total. The normalized spacial score (nSPS) is 13.9. The average molecular weight is 391 g/mol. The second-order valence-electron chi connectivity index (χ2n) is 5.62. The monoisotopic (exact) mass is 390 g/mol. The molecule has 0 spiro atoms. The van der Waals surface area contributed by atoms with E-state index < -0.39 is 0 Å². The molecule has 0 bridgehead atoms. The fourth-order valence-corrected chi connectivity index (χ4v) is 2.89. The Bertz CT molecular complexity index is 722. The van der Waals surface area contributed by atoms with Crippen molar-refractivity contribution >= 4 is 27.6 Å². The highest BCUT2D eigenvalue weighted by Crippen LogP contribution is 2.38. The predicted octanol–water partition coefficient (Wildman–Crippen LogP) is 4.15. The summed E-state index contributed by atoms with van der Waals surface area (Å²) in [5, 5.41) is 5.73. The minimum Gasteiger partial charge on any atom is -0.486 e. The summed E-state index contributed by atoms with van der Waals surface area (Å²) in [6.07, 6.45) is 0. The highest BCUT2D eigenvalue weighted by molar-refractivity contribution is 9.10. The van der Waals surface area contributed by atoms with Gasteiger partial charge in [-0.15, -0.1) is 0 Å². The van der Waals surface area contributed by atoms with Crippen molar-refractivity contribution in [1.82, 2.24) is 5.32 Å². The van der Waals surface area contributed by atoms with Gasteiger partial charge in [-0.1, -0.05) is 37.3 Å². The van der Waals surface area contributed by atoms with Crippen LogP contribution in [0.25, 0.3) is 0 Å². The molecule has 6 heteroatoms. The van der Waals surface area contributed by atoms with Crippen LogP contribution in [0.3, 0.4) is 0 Å². The van der Waals surface area contributed by atoms with Crippen LogP contribution in [0.5, 0.6) is 11.5 Å². The van der Waals surface area contributed by atoms with Gasteiger partial charge in [0.1, 0.15) is 13.2 Å². The van der Waals surface area contributed by atoms with Gasteiger partial charge in [-0.3, -0.25) is 0 Å². The Kier molecular flexibility index (Phi) is 5.25.